The molecule has 21 heavy (non-hydrogen) atoms. The maximum atomic E-state index is 11.0. The molecule has 0 spiro atoms. The third-order valence-electron chi connectivity index (χ3n) is 3.86. The van der Waals surface area contributed by atoms with Crippen LogP contribution in [0.2, 0.25) is 10.0 Å². The molecule has 0 radical (unpaired) electrons. The summed E-state index contributed by atoms with van der Waals surface area (Å²) in [5.41, 5.74) is 1.17. The monoisotopic (exact) mass is 329 g/mol. The molecule has 5 heteroatoms. The molecule has 0 aromatic heterocycles. The number of carbonyl (C=O) groups is 1. The molecule has 2 rings (SSSR count). The molecule has 0 aliphatic carbocycles. The van der Waals surface area contributed by atoms with Gasteiger partial charge >= 0.3 is 0 Å². The van der Waals surface area contributed by atoms with Crippen molar-refractivity contribution in [1.29, 1.82) is 0 Å². The lowest BCUT2D eigenvalue weighted by Gasteiger charge is -2.26. The minimum Gasteiger partial charge on any atom is -0.378 e. The molecule has 1 aliphatic rings. The molecule has 1 unspecified atom stereocenters. The normalized spacial score (nSPS) is 22.6. The zero-order valence-corrected chi connectivity index (χ0v) is 13.7. The Kier molecular flexibility index (Phi) is 6.34. The van der Waals surface area contributed by atoms with E-state index in [0.29, 0.717) is 22.5 Å². The second kappa shape index (κ2) is 8.02. The van der Waals surface area contributed by atoms with Crippen molar-refractivity contribution in [2.75, 3.05) is 13.2 Å². The highest BCUT2D eigenvalue weighted by Crippen LogP contribution is 2.35. The van der Waals surface area contributed by atoms with Crippen molar-refractivity contribution in [2.45, 2.75) is 44.6 Å². The number of rotatable bonds is 4. The predicted molar refractivity (Wildman–Crippen MR) is 86.1 cm³/mol. The number of hydrogen-bond donors (Lipinski definition) is 1. The van der Waals surface area contributed by atoms with Gasteiger partial charge < -0.3 is 10.1 Å². The largest absolute Gasteiger partial charge is 0.378 e. The van der Waals surface area contributed by atoms with Crippen LogP contribution in [0, 0.1) is 0 Å². The summed E-state index contributed by atoms with van der Waals surface area (Å²) in [5, 5.41) is 4.00. The van der Waals surface area contributed by atoms with E-state index in [1.54, 1.807) is 0 Å². The molecule has 1 aliphatic heterocycles. The van der Waals surface area contributed by atoms with Crippen molar-refractivity contribution in [3.8, 4) is 0 Å². The van der Waals surface area contributed by atoms with Crippen LogP contribution in [0.15, 0.2) is 18.2 Å². The number of carbonyl (C=O) groups excluding carboxylic acids is 1. The highest BCUT2D eigenvalue weighted by atomic mass is 35.5. The molecular weight excluding hydrogens is 309 g/mol. The summed E-state index contributed by atoms with van der Waals surface area (Å²) in [6, 6.07) is 5.81. The van der Waals surface area contributed by atoms with E-state index >= 15 is 0 Å². The minimum absolute atomic E-state index is 0.00490. The molecule has 1 saturated heterocycles. The van der Waals surface area contributed by atoms with Gasteiger partial charge in [0.25, 0.3) is 0 Å². The zero-order valence-electron chi connectivity index (χ0n) is 12.2. The first kappa shape index (κ1) is 16.6. The molecule has 0 saturated carbocycles. The van der Waals surface area contributed by atoms with Crippen LogP contribution in [-0.2, 0) is 9.53 Å². The van der Waals surface area contributed by atoms with Gasteiger partial charge in [-0.3, -0.25) is 4.79 Å². The first-order valence-electron chi connectivity index (χ1n) is 7.39. The van der Waals surface area contributed by atoms with Gasteiger partial charge in [0, 0.05) is 26.0 Å². The van der Waals surface area contributed by atoms with Gasteiger partial charge in [-0.15, -0.1) is 0 Å². The van der Waals surface area contributed by atoms with Crippen molar-refractivity contribution in [2.24, 2.45) is 0 Å². The Morgan fingerprint density at radius 1 is 1.33 bits per heavy atom. The summed E-state index contributed by atoms with van der Waals surface area (Å²) < 4.78 is 5.99. The second-order valence-corrected chi connectivity index (χ2v) is 6.27. The van der Waals surface area contributed by atoms with Crippen molar-refractivity contribution in [1.82, 2.24) is 5.32 Å². The summed E-state index contributed by atoms with van der Waals surface area (Å²) in [7, 11) is 0. The van der Waals surface area contributed by atoms with E-state index in [-0.39, 0.29) is 12.0 Å². The van der Waals surface area contributed by atoms with Crippen molar-refractivity contribution < 1.29 is 9.53 Å². The molecule has 1 aromatic carbocycles. The van der Waals surface area contributed by atoms with Crippen LogP contribution in [0.1, 0.15) is 44.1 Å². The van der Waals surface area contributed by atoms with Gasteiger partial charge in [0.2, 0.25) is 5.91 Å². The average Bonchev–Trinajstić information content (AvgIpc) is 2.67. The molecular formula is C16H21Cl2NO2. The Morgan fingerprint density at radius 3 is 2.86 bits per heavy atom. The summed E-state index contributed by atoms with van der Waals surface area (Å²) in [5.74, 6) is 0.297. The lowest BCUT2D eigenvalue weighted by atomic mass is 9.88. The second-order valence-electron chi connectivity index (χ2n) is 5.46. The first-order chi connectivity index (χ1) is 10.1. The molecule has 1 aromatic rings. The maximum absolute atomic E-state index is 11.0. The van der Waals surface area contributed by atoms with Crippen molar-refractivity contribution >= 4 is 29.1 Å². The SMILES string of the molecule is CC(=O)NCC[C@@H]1OCCCCC1c1ccc(Cl)c(Cl)c1. The van der Waals surface area contributed by atoms with Crippen LogP contribution in [0.5, 0.6) is 0 Å². The fourth-order valence-electron chi connectivity index (χ4n) is 2.80. The Balaban J connectivity index is 2.10. The van der Waals surface area contributed by atoms with Crippen LogP contribution in [-0.4, -0.2) is 25.2 Å². The van der Waals surface area contributed by atoms with Gasteiger partial charge in [-0.05, 0) is 37.0 Å². The van der Waals surface area contributed by atoms with Gasteiger partial charge in [-0.2, -0.15) is 0 Å². The molecule has 1 fully saturated rings. The van der Waals surface area contributed by atoms with Gasteiger partial charge in [-0.1, -0.05) is 35.7 Å². The Morgan fingerprint density at radius 2 is 2.14 bits per heavy atom. The summed E-state index contributed by atoms with van der Waals surface area (Å²) in [4.78, 5) is 11.0. The van der Waals surface area contributed by atoms with Crippen LogP contribution >= 0.6 is 23.2 Å². The molecule has 116 valence electrons. The number of ether oxygens (including phenoxy) is 1. The summed E-state index contributed by atoms with van der Waals surface area (Å²) in [6.07, 6.45) is 4.21. The van der Waals surface area contributed by atoms with Crippen LogP contribution in [0.25, 0.3) is 0 Å². The Labute approximate surface area is 136 Å². The third-order valence-corrected chi connectivity index (χ3v) is 4.60. The molecule has 0 bridgehead atoms. The summed E-state index contributed by atoms with van der Waals surface area (Å²) in [6.45, 7) is 2.95. The van der Waals surface area contributed by atoms with Crippen molar-refractivity contribution in [3.63, 3.8) is 0 Å². The van der Waals surface area contributed by atoms with Crippen LogP contribution in [0.3, 0.4) is 0 Å². The van der Waals surface area contributed by atoms with Gasteiger partial charge in [0.1, 0.15) is 0 Å². The minimum atomic E-state index is -0.00490. The van der Waals surface area contributed by atoms with Gasteiger partial charge in [0.15, 0.2) is 0 Å². The Bertz CT molecular complexity index is 493. The molecule has 1 amide bonds. The lowest BCUT2D eigenvalue weighted by molar-refractivity contribution is -0.119. The number of nitrogens with one attached hydrogen (secondary N) is 1. The molecule has 3 nitrogen and oxygen atoms in total. The third kappa shape index (κ3) is 4.87. The maximum Gasteiger partial charge on any atom is 0.216 e. The molecule has 1 heterocycles. The topological polar surface area (TPSA) is 38.3 Å². The highest BCUT2D eigenvalue weighted by molar-refractivity contribution is 6.42. The van der Waals surface area contributed by atoms with E-state index in [9.17, 15) is 4.79 Å². The standard InChI is InChI=1S/C16H21Cl2NO2/c1-11(20)19-8-7-16-13(4-2-3-9-21-16)12-5-6-14(17)15(18)10-12/h5-6,10,13,16H,2-4,7-9H2,1H3,(H,19,20)/t13?,16-/m0/s1. The summed E-state index contributed by atoms with van der Waals surface area (Å²) >= 11 is 12.1. The first-order valence-corrected chi connectivity index (χ1v) is 8.14. The fraction of sp³-hybridized carbons (Fsp3) is 0.562. The lowest BCUT2D eigenvalue weighted by Crippen LogP contribution is -2.29. The molecule has 1 N–H and O–H groups in total. The Hall–Kier alpha value is -0.770. The number of hydrogen-bond acceptors (Lipinski definition) is 2. The van der Waals surface area contributed by atoms with Crippen molar-refractivity contribution in [3.05, 3.63) is 33.8 Å². The van der Waals surface area contributed by atoms with E-state index in [4.69, 9.17) is 27.9 Å². The average molecular weight is 330 g/mol. The number of halogens is 2. The quantitative estimate of drug-likeness (QED) is 0.900. The zero-order chi connectivity index (χ0) is 15.2. The van der Waals surface area contributed by atoms with Gasteiger partial charge in [0.05, 0.1) is 16.1 Å². The molecule has 2 atom stereocenters. The number of benzene rings is 1. The van der Waals surface area contributed by atoms with Crippen LogP contribution in [0.4, 0.5) is 0 Å². The number of amides is 1. The van der Waals surface area contributed by atoms with E-state index in [1.807, 2.05) is 18.2 Å². The van der Waals surface area contributed by atoms with E-state index in [2.05, 4.69) is 5.32 Å². The van der Waals surface area contributed by atoms with E-state index < -0.39 is 0 Å². The van der Waals surface area contributed by atoms with E-state index in [0.717, 1.165) is 32.3 Å². The fourth-order valence-corrected chi connectivity index (χ4v) is 3.11. The van der Waals surface area contributed by atoms with Crippen LogP contribution < -0.4 is 5.32 Å². The highest BCUT2D eigenvalue weighted by Gasteiger charge is 2.26. The predicted octanol–water partition coefficient (Wildman–Crippen LogP) is 4.17. The van der Waals surface area contributed by atoms with Gasteiger partial charge in [-0.25, -0.2) is 0 Å². The smallest absolute Gasteiger partial charge is 0.216 e. The van der Waals surface area contributed by atoms with E-state index in [1.165, 1.54) is 12.5 Å².